The lowest BCUT2D eigenvalue weighted by atomic mass is 9.49. The number of rotatable bonds is 7. The Kier molecular flexibility index (Phi) is 5.90. The lowest BCUT2D eigenvalue weighted by Crippen LogP contribution is -2.48. The van der Waals surface area contributed by atoms with Gasteiger partial charge in [-0.3, -0.25) is 4.99 Å². The Morgan fingerprint density at radius 1 is 0.938 bits per heavy atom. The number of carboxylic acid groups (broad SMARTS) is 1. The molecule has 6 rings (SSSR count). The van der Waals surface area contributed by atoms with Crippen LogP contribution in [-0.4, -0.2) is 30.1 Å². The molecular weight excluding hydrogens is 398 g/mol. The molecule has 0 heterocycles. The van der Waals surface area contributed by atoms with Crippen LogP contribution < -0.4 is 10.6 Å². The molecule has 4 saturated carbocycles. The molecule has 4 aliphatic carbocycles. The Balaban J connectivity index is 1.28. The van der Waals surface area contributed by atoms with E-state index in [2.05, 4.69) is 34.9 Å². The molecule has 0 amide bonds. The highest BCUT2D eigenvalue weighted by Crippen LogP contribution is 2.60. The van der Waals surface area contributed by atoms with E-state index < -0.39 is 5.97 Å². The number of hydrogen-bond acceptors (Lipinski definition) is 2. The molecule has 0 spiro atoms. The summed E-state index contributed by atoms with van der Waals surface area (Å²) >= 11 is 0. The highest BCUT2D eigenvalue weighted by atomic mass is 16.4. The van der Waals surface area contributed by atoms with Crippen molar-refractivity contribution >= 4 is 17.6 Å². The number of aliphatic imine (C=N–C) groups is 1. The maximum atomic E-state index is 11.2. The van der Waals surface area contributed by atoms with E-state index in [9.17, 15) is 4.79 Å². The van der Waals surface area contributed by atoms with Gasteiger partial charge in [0, 0.05) is 18.8 Å². The zero-order valence-electron chi connectivity index (χ0n) is 18.6. The molecule has 168 valence electrons. The fraction of sp³-hybridized carbons (Fsp3) is 0.481. The smallest absolute Gasteiger partial charge is 0.335 e. The minimum absolute atomic E-state index is 0.291. The summed E-state index contributed by atoms with van der Waals surface area (Å²) in [7, 11) is 0. The zero-order chi connectivity index (χ0) is 22.0. The molecule has 4 fully saturated rings. The van der Waals surface area contributed by atoms with E-state index in [-0.39, 0.29) is 0 Å². The fourth-order valence-corrected chi connectivity index (χ4v) is 6.67. The summed E-state index contributed by atoms with van der Waals surface area (Å²) in [6.07, 6.45) is 9.28. The average Bonchev–Trinajstić information content (AvgIpc) is 2.77. The maximum absolute atomic E-state index is 11.2. The van der Waals surface area contributed by atoms with Gasteiger partial charge in [0.25, 0.3) is 0 Å². The highest BCUT2D eigenvalue weighted by molar-refractivity contribution is 5.94. The first-order valence-corrected chi connectivity index (χ1v) is 12.0. The minimum atomic E-state index is -0.909. The minimum Gasteiger partial charge on any atom is -0.478 e. The predicted molar refractivity (Wildman–Crippen MR) is 128 cm³/mol. The van der Waals surface area contributed by atoms with Crippen molar-refractivity contribution in [2.45, 2.75) is 44.9 Å². The fourth-order valence-electron chi connectivity index (χ4n) is 6.67. The van der Waals surface area contributed by atoms with Crippen molar-refractivity contribution in [3.05, 3.63) is 65.7 Å². The molecule has 0 saturated heterocycles. The summed E-state index contributed by atoms with van der Waals surface area (Å²) in [5, 5.41) is 16.1. The lowest BCUT2D eigenvalue weighted by Gasteiger charge is -2.56. The molecule has 0 unspecified atom stereocenters. The number of nitrogens with zero attached hydrogens (tertiary/aromatic N) is 1. The van der Waals surface area contributed by atoms with Crippen molar-refractivity contribution in [1.82, 2.24) is 5.32 Å². The van der Waals surface area contributed by atoms with Gasteiger partial charge in [-0.25, -0.2) is 4.79 Å². The van der Waals surface area contributed by atoms with Crippen LogP contribution in [0.2, 0.25) is 0 Å². The number of aromatic carboxylic acids is 1. The standard InChI is InChI=1S/C27H33N3O2/c31-25(32)23-6-8-24(9-7-23)30-26(28-11-10-19-4-2-1-3-5-19)29-18-27-15-20-12-21(16-27)14-22(13-20)17-27/h1-9,20-22H,10-18H2,(H,31,32)(H2,28,29,30). The molecule has 3 N–H and O–H groups in total. The molecule has 4 aliphatic rings. The van der Waals surface area contributed by atoms with E-state index >= 15 is 0 Å². The Labute approximate surface area is 190 Å². The second-order valence-electron chi connectivity index (χ2n) is 10.3. The molecule has 0 aromatic heterocycles. The summed E-state index contributed by atoms with van der Waals surface area (Å²) in [6, 6.07) is 17.3. The summed E-state index contributed by atoms with van der Waals surface area (Å²) in [6.45, 7) is 1.67. The van der Waals surface area contributed by atoms with Gasteiger partial charge in [0.05, 0.1) is 5.56 Å². The number of carboxylic acids is 1. The monoisotopic (exact) mass is 431 g/mol. The number of carbonyl (C=O) groups is 1. The largest absolute Gasteiger partial charge is 0.478 e. The van der Waals surface area contributed by atoms with Gasteiger partial charge in [0.2, 0.25) is 0 Å². The van der Waals surface area contributed by atoms with Gasteiger partial charge in [-0.15, -0.1) is 0 Å². The Morgan fingerprint density at radius 2 is 1.56 bits per heavy atom. The summed E-state index contributed by atoms with van der Waals surface area (Å²) in [5.74, 6) is 2.64. The highest BCUT2D eigenvalue weighted by Gasteiger charge is 2.50. The van der Waals surface area contributed by atoms with Crippen LogP contribution in [0.5, 0.6) is 0 Å². The summed E-state index contributed by atoms with van der Waals surface area (Å²) < 4.78 is 0. The van der Waals surface area contributed by atoms with Crippen LogP contribution in [0.4, 0.5) is 5.69 Å². The number of benzene rings is 2. The lowest BCUT2D eigenvalue weighted by molar-refractivity contribution is -0.0465. The number of guanidine groups is 1. The van der Waals surface area contributed by atoms with Crippen molar-refractivity contribution in [1.29, 1.82) is 0 Å². The third-order valence-corrected chi connectivity index (χ3v) is 7.68. The molecule has 5 heteroatoms. The third kappa shape index (κ3) is 4.82. The topological polar surface area (TPSA) is 73.7 Å². The molecule has 0 radical (unpaired) electrons. The van der Waals surface area contributed by atoms with E-state index in [1.165, 1.54) is 44.1 Å². The van der Waals surface area contributed by atoms with Gasteiger partial charge in [-0.2, -0.15) is 0 Å². The Bertz CT molecular complexity index is 933. The second kappa shape index (κ2) is 8.97. The first-order valence-electron chi connectivity index (χ1n) is 12.0. The van der Waals surface area contributed by atoms with Crippen LogP contribution in [-0.2, 0) is 6.42 Å². The summed E-state index contributed by atoms with van der Waals surface area (Å²) in [5.41, 5.74) is 2.83. The normalized spacial score (nSPS) is 28.5. The van der Waals surface area contributed by atoms with E-state index in [0.29, 0.717) is 11.0 Å². The van der Waals surface area contributed by atoms with Crippen molar-refractivity contribution in [2.24, 2.45) is 28.2 Å². The summed E-state index contributed by atoms with van der Waals surface area (Å²) in [4.78, 5) is 16.2. The molecule has 0 aliphatic heterocycles. The predicted octanol–water partition coefficient (Wildman–Crippen LogP) is 5.20. The maximum Gasteiger partial charge on any atom is 0.335 e. The number of hydrogen-bond donors (Lipinski definition) is 3. The van der Waals surface area contributed by atoms with E-state index in [1.807, 2.05) is 18.2 Å². The van der Waals surface area contributed by atoms with Crippen molar-refractivity contribution in [3.8, 4) is 0 Å². The van der Waals surface area contributed by atoms with Gasteiger partial charge in [-0.05, 0) is 97.9 Å². The van der Waals surface area contributed by atoms with Gasteiger partial charge in [0.1, 0.15) is 0 Å². The van der Waals surface area contributed by atoms with Gasteiger partial charge in [-0.1, -0.05) is 30.3 Å². The van der Waals surface area contributed by atoms with Gasteiger partial charge < -0.3 is 15.7 Å². The van der Waals surface area contributed by atoms with Crippen LogP contribution in [0.3, 0.4) is 0 Å². The molecule has 0 atom stereocenters. The van der Waals surface area contributed by atoms with Crippen LogP contribution in [0, 0.1) is 23.2 Å². The first kappa shape index (κ1) is 21.0. The second-order valence-corrected chi connectivity index (χ2v) is 10.3. The Morgan fingerprint density at radius 3 is 2.16 bits per heavy atom. The molecule has 4 bridgehead atoms. The molecule has 32 heavy (non-hydrogen) atoms. The van der Waals surface area contributed by atoms with E-state index in [0.717, 1.165) is 48.9 Å². The molecule has 2 aromatic carbocycles. The SMILES string of the molecule is O=C(O)c1ccc(NC(=NCC23CC4CC(CC(C4)C2)C3)NCCc2ccccc2)cc1. The van der Waals surface area contributed by atoms with Crippen molar-refractivity contribution in [3.63, 3.8) is 0 Å². The Hall–Kier alpha value is -2.82. The third-order valence-electron chi connectivity index (χ3n) is 7.68. The average molecular weight is 432 g/mol. The number of nitrogens with one attached hydrogen (secondary N) is 2. The van der Waals surface area contributed by atoms with Crippen LogP contribution in [0.25, 0.3) is 0 Å². The molecule has 5 nitrogen and oxygen atoms in total. The van der Waals surface area contributed by atoms with Crippen molar-refractivity contribution < 1.29 is 9.90 Å². The number of anilines is 1. The molecule has 2 aromatic rings. The van der Waals surface area contributed by atoms with Crippen LogP contribution in [0.15, 0.2) is 59.6 Å². The van der Waals surface area contributed by atoms with Crippen LogP contribution in [0.1, 0.15) is 54.4 Å². The quantitative estimate of drug-likeness (QED) is 0.416. The zero-order valence-corrected chi connectivity index (χ0v) is 18.6. The molecular formula is C27H33N3O2. The van der Waals surface area contributed by atoms with Crippen LogP contribution >= 0.6 is 0 Å². The van der Waals surface area contributed by atoms with E-state index in [4.69, 9.17) is 10.1 Å². The van der Waals surface area contributed by atoms with Crippen molar-refractivity contribution in [2.75, 3.05) is 18.4 Å². The van der Waals surface area contributed by atoms with Gasteiger partial charge >= 0.3 is 5.97 Å². The van der Waals surface area contributed by atoms with Gasteiger partial charge in [0.15, 0.2) is 5.96 Å². The van der Waals surface area contributed by atoms with E-state index in [1.54, 1.807) is 12.1 Å². The first-order chi connectivity index (χ1) is 15.6.